The van der Waals surface area contributed by atoms with E-state index in [4.69, 9.17) is 10.5 Å². The fourth-order valence-corrected chi connectivity index (χ4v) is 2.28. The first-order valence-electron chi connectivity index (χ1n) is 7.32. The maximum absolute atomic E-state index is 14.0. The maximum Gasteiger partial charge on any atom is 0.296 e. The van der Waals surface area contributed by atoms with Crippen molar-refractivity contribution >= 4 is 0 Å². The van der Waals surface area contributed by atoms with Gasteiger partial charge >= 0.3 is 0 Å². The Kier molecular flexibility index (Phi) is 5.63. The molecule has 4 heteroatoms. The molecule has 2 aromatic rings. The molecule has 0 amide bonds. The van der Waals surface area contributed by atoms with E-state index in [-0.39, 0.29) is 18.2 Å². The molecule has 22 heavy (non-hydrogen) atoms. The number of alkyl halides is 2. The number of hydrogen-bond acceptors (Lipinski definition) is 2. The van der Waals surface area contributed by atoms with Crippen molar-refractivity contribution in [1.82, 2.24) is 0 Å². The van der Waals surface area contributed by atoms with Crippen LogP contribution in [0, 0.1) is 0 Å². The van der Waals surface area contributed by atoms with Gasteiger partial charge in [0, 0.05) is 11.6 Å². The van der Waals surface area contributed by atoms with Crippen LogP contribution in [0.1, 0.15) is 23.6 Å². The summed E-state index contributed by atoms with van der Waals surface area (Å²) in [5.74, 6) is -2.98. The van der Waals surface area contributed by atoms with Crippen molar-refractivity contribution in [2.24, 2.45) is 5.73 Å². The Hall–Kier alpha value is -1.78. The first-order valence-corrected chi connectivity index (χ1v) is 7.32. The molecule has 0 heterocycles. The van der Waals surface area contributed by atoms with Crippen molar-refractivity contribution in [3.05, 3.63) is 71.3 Å². The van der Waals surface area contributed by atoms with Crippen LogP contribution in [0.2, 0.25) is 0 Å². The van der Waals surface area contributed by atoms with E-state index in [1.807, 2.05) is 31.2 Å². The topological polar surface area (TPSA) is 35.2 Å². The third-order valence-electron chi connectivity index (χ3n) is 3.30. The van der Waals surface area contributed by atoms with Gasteiger partial charge in [-0.25, -0.2) is 0 Å². The Labute approximate surface area is 129 Å². The molecule has 0 aliphatic carbocycles. The molecule has 0 radical (unpaired) electrons. The molecular weight excluding hydrogens is 284 g/mol. The minimum absolute atomic E-state index is 0.0271. The van der Waals surface area contributed by atoms with E-state index in [0.29, 0.717) is 0 Å². The summed E-state index contributed by atoms with van der Waals surface area (Å²) < 4.78 is 33.2. The fraction of sp³-hybridized carbons (Fsp3) is 0.333. The highest BCUT2D eigenvalue weighted by Crippen LogP contribution is 2.28. The molecule has 0 saturated heterocycles. The SMILES string of the molecule is CC(N)Cc1cccc(COCC(F)(F)c2ccccc2)c1. The Morgan fingerprint density at radius 2 is 1.73 bits per heavy atom. The summed E-state index contributed by atoms with van der Waals surface area (Å²) in [5.41, 5.74) is 7.70. The predicted octanol–water partition coefficient (Wildman–Crippen LogP) is 3.88. The van der Waals surface area contributed by atoms with Gasteiger partial charge in [0.25, 0.3) is 5.92 Å². The Bertz CT molecular complexity index is 585. The number of benzene rings is 2. The van der Waals surface area contributed by atoms with E-state index in [1.54, 1.807) is 18.2 Å². The van der Waals surface area contributed by atoms with Gasteiger partial charge in [0.05, 0.1) is 6.61 Å². The lowest BCUT2D eigenvalue weighted by atomic mass is 10.1. The number of nitrogens with two attached hydrogens (primary N) is 1. The van der Waals surface area contributed by atoms with Gasteiger partial charge in [-0.15, -0.1) is 0 Å². The highest BCUT2D eigenvalue weighted by Gasteiger charge is 2.31. The number of halogens is 2. The van der Waals surface area contributed by atoms with Gasteiger partial charge in [-0.2, -0.15) is 8.78 Å². The van der Waals surface area contributed by atoms with Crippen molar-refractivity contribution in [2.75, 3.05) is 6.61 Å². The molecule has 0 spiro atoms. The van der Waals surface area contributed by atoms with E-state index in [9.17, 15) is 8.78 Å². The van der Waals surface area contributed by atoms with E-state index >= 15 is 0 Å². The van der Waals surface area contributed by atoms with Gasteiger partial charge in [-0.3, -0.25) is 0 Å². The average Bonchev–Trinajstić information content (AvgIpc) is 2.48. The van der Waals surface area contributed by atoms with Crippen LogP contribution in [0.5, 0.6) is 0 Å². The highest BCUT2D eigenvalue weighted by atomic mass is 19.3. The van der Waals surface area contributed by atoms with Crippen LogP contribution < -0.4 is 5.73 Å². The molecule has 0 aromatic heterocycles. The van der Waals surface area contributed by atoms with Gasteiger partial charge in [-0.05, 0) is 24.5 Å². The average molecular weight is 305 g/mol. The smallest absolute Gasteiger partial charge is 0.296 e. The predicted molar refractivity (Wildman–Crippen MR) is 83.8 cm³/mol. The van der Waals surface area contributed by atoms with Crippen LogP contribution >= 0.6 is 0 Å². The van der Waals surface area contributed by atoms with Crippen LogP contribution in [0.3, 0.4) is 0 Å². The van der Waals surface area contributed by atoms with Crippen molar-refractivity contribution in [3.63, 3.8) is 0 Å². The summed E-state index contributed by atoms with van der Waals surface area (Å²) in [5, 5.41) is 0. The second-order valence-corrected chi connectivity index (χ2v) is 5.56. The molecule has 1 atom stereocenters. The van der Waals surface area contributed by atoms with E-state index < -0.39 is 12.5 Å². The molecule has 1 unspecified atom stereocenters. The number of ether oxygens (including phenoxy) is 1. The van der Waals surface area contributed by atoms with Crippen LogP contribution in [0.25, 0.3) is 0 Å². The Balaban J connectivity index is 1.91. The van der Waals surface area contributed by atoms with E-state index in [0.717, 1.165) is 17.5 Å². The van der Waals surface area contributed by atoms with Crippen molar-refractivity contribution < 1.29 is 13.5 Å². The third kappa shape index (κ3) is 4.90. The fourth-order valence-electron chi connectivity index (χ4n) is 2.28. The molecule has 118 valence electrons. The van der Waals surface area contributed by atoms with Gasteiger partial charge < -0.3 is 10.5 Å². The molecule has 2 aromatic carbocycles. The zero-order valence-electron chi connectivity index (χ0n) is 12.6. The van der Waals surface area contributed by atoms with Gasteiger partial charge in [-0.1, -0.05) is 54.6 Å². The van der Waals surface area contributed by atoms with E-state index in [2.05, 4.69) is 0 Å². The van der Waals surface area contributed by atoms with Crippen LogP contribution in [-0.4, -0.2) is 12.6 Å². The highest BCUT2D eigenvalue weighted by molar-refractivity contribution is 5.24. The number of rotatable bonds is 7. The van der Waals surface area contributed by atoms with Crippen molar-refractivity contribution in [1.29, 1.82) is 0 Å². The van der Waals surface area contributed by atoms with Gasteiger partial charge in [0.1, 0.15) is 6.61 Å². The Morgan fingerprint density at radius 3 is 2.41 bits per heavy atom. The Morgan fingerprint density at radius 1 is 1.05 bits per heavy atom. The van der Waals surface area contributed by atoms with Crippen LogP contribution in [0.4, 0.5) is 8.78 Å². The third-order valence-corrected chi connectivity index (χ3v) is 3.30. The standard InChI is InChI=1S/C18H21F2NO/c1-14(21)10-15-6-5-7-16(11-15)12-22-13-18(19,20)17-8-3-2-4-9-17/h2-9,11,14H,10,12-13,21H2,1H3. The minimum Gasteiger partial charge on any atom is -0.370 e. The first-order chi connectivity index (χ1) is 10.5. The summed E-state index contributed by atoms with van der Waals surface area (Å²) in [7, 11) is 0. The summed E-state index contributed by atoms with van der Waals surface area (Å²) in [6, 6.07) is 15.5. The molecular formula is C18H21F2NO. The zero-order chi connectivity index (χ0) is 16.0. The van der Waals surface area contributed by atoms with Crippen LogP contribution in [0.15, 0.2) is 54.6 Å². The molecule has 0 bridgehead atoms. The van der Waals surface area contributed by atoms with Gasteiger partial charge in [0.2, 0.25) is 0 Å². The minimum atomic E-state index is -2.98. The van der Waals surface area contributed by atoms with Crippen molar-refractivity contribution in [2.45, 2.75) is 31.9 Å². The van der Waals surface area contributed by atoms with Gasteiger partial charge in [0.15, 0.2) is 0 Å². The lowest BCUT2D eigenvalue weighted by molar-refractivity contribution is -0.0873. The maximum atomic E-state index is 14.0. The molecule has 2 rings (SSSR count). The second-order valence-electron chi connectivity index (χ2n) is 5.56. The molecule has 2 N–H and O–H groups in total. The normalized spacial score (nSPS) is 13.1. The summed E-state index contributed by atoms with van der Waals surface area (Å²) in [6.45, 7) is 1.47. The molecule has 0 aliphatic heterocycles. The number of hydrogen-bond donors (Lipinski definition) is 1. The lowest BCUT2D eigenvalue weighted by Crippen LogP contribution is -2.21. The largest absolute Gasteiger partial charge is 0.370 e. The first kappa shape index (κ1) is 16.6. The quantitative estimate of drug-likeness (QED) is 0.842. The summed E-state index contributed by atoms with van der Waals surface area (Å²) >= 11 is 0. The monoisotopic (exact) mass is 305 g/mol. The van der Waals surface area contributed by atoms with Crippen LogP contribution in [-0.2, 0) is 23.7 Å². The zero-order valence-corrected chi connectivity index (χ0v) is 12.6. The molecule has 2 nitrogen and oxygen atoms in total. The second kappa shape index (κ2) is 7.47. The summed E-state index contributed by atoms with van der Waals surface area (Å²) in [6.07, 6.45) is 0.758. The summed E-state index contributed by atoms with van der Waals surface area (Å²) in [4.78, 5) is 0. The lowest BCUT2D eigenvalue weighted by Gasteiger charge is -2.17. The van der Waals surface area contributed by atoms with Crippen molar-refractivity contribution in [3.8, 4) is 0 Å². The molecule has 0 aliphatic rings. The van der Waals surface area contributed by atoms with E-state index in [1.165, 1.54) is 12.1 Å². The molecule has 0 saturated carbocycles. The molecule has 0 fully saturated rings.